The van der Waals surface area contributed by atoms with Crippen molar-refractivity contribution >= 4 is 15.9 Å². The van der Waals surface area contributed by atoms with E-state index in [1.165, 1.54) is 13.0 Å². The molecule has 0 bridgehead atoms. The largest absolute Gasteiger partial charge is 0.416 e. The number of alkyl halides is 3. The minimum absolute atomic E-state index is 0.0260. The number of rotatable bonds is 6. The number of hydrogen-bond acceptors (Lipinski definition) is 4. The first kappa shape index (κ1) is 18.2. The van der Waals surface area contributed by atoms with Crippen LogP contribution in [-0.4, -0.2) is 27.0 Å². The topological polar surface area (TPSA) is 72.5 Å². The second-order valence-electron chi connectivity index (χ2n) is 4.26. The predicted molar refractivity (Wildman–Crippen MR) is 72.4 cm³/mol. The first-order chi connectivity index (χ1) is 10.1. The molecule has 0 heterocycles. The van der Waals surface area contributed by atoms with E-state index in [2.05, 4.69) is 6.58 Å². The summed E-state index contributed by atoms with van der Waals surface area (Å²) < 4.78 is 68.2. The van der Waals surface area contributed by atoms with Gasteiger partial charge in [0.05, 0.1) is 17.1 Å². The average molecular weight is 337 g/mol. The Kier molecular flexibility index (Phi) is 5.72. The highest BCUT2D eigenvalue weighted by molar-refractivity contribution is 7.90. The second kappa shape index (κ2) is 6.93. The normalized spacial score (nSPS) is 13.5. The van der Waals surface area contributed by atoms with Crippen LogP contribution < -0.4 is 4.72 Å². The standard InChI is InChI=1S/C13H14F3NO4S/c1-3-7-21-9(2)12(18)17-22(19,20)11-6-4-5-10(8-11)13(14,15)16/h3-6,8-9H,1,7H2,2H3,(H,17,18)/t9-/m0/s1. The third-order valence-electron chi connectivity index (χ3n) is 2.54. The van der Waals surface area contributed by atoms with Gasteiger partial charge in [0.1, 0.15) is 6.10 Å². The van der Waals surface area contributed by atoms with Crippen molar-refractivity contribution in [2.75, 3.05) is 6.61 Å². The lowest BCUT2D eigenvalue weighted by molar-refractivity contribution is -0.137. The summed E-state index contributed by atoms with van der Waals surface area (Å²) in [6.07, 6.45) is -4.42. The molecule has 0 unspecified atom stereocenters. The van der Waals surface area contributed by atoms with Crippen LogP contribution in [0, 0.1) is 0 Å². The van der Waals surface area contributed by atoms with Crippen LogP contribution >= 0.6 is 0 Å². The molecule has 1 amide bonds. The third kappa shape index (κ3) is 4.85. The summed E-state index contributed by atoms with van der Waals surface area (Å²) in [5, 5.41) is 0. The van der Waals surface area contributed by atoms with E-state index in [0.29, 0.717) is 6.07 Å². The summed E-state index contributed by atoms with van der Waals surface area (Å²) >= 11 is 0. The maximum absolute atomic E-state index is 12.6. The molecular weight excluding hydrogens is 323 g/mol. The molecule has 0 aliphatic heterocycles. The number of sulfonamides is 1. The first-order valence-corrected chi connectivity index (χ1v) is 7.52. The molecule has 0 saturated carbocycles. The first-order valence-electron chi connectivity index (χ1n) is 6.04. The van der Waals surface area contributed by atoms with Crippen molar-refractivity contribution in [1.29, 1.82) is 0 Å². The van der Waals surface area contributed by atoms with Crippen LogP contribution in [0.3, 0.4) is 0 Å². The number of carbonyl (C=O) groups excluding carboxylic acids is 1. The van der Waals surface area contributed by atoms with Crippen molar-refractivity contribution < 1.29 is 31.1 Å². The Morgan fingerprint density at radius 1 is 1.45 bits per heavy atom. The van der Waals surface area contributed by atoms with E-state index in [-0.39, 0.29) is 6.61 Å². The zero-order chi connectivity index (χ0) is 17.0. The number of amides is 1. The lowest BCUT2D eigenvalue weighted by atomic mass is 10.2. The van der Waals surface area contributed by atoms with Gasteiger partial charge in [0.15, 0.2) is 0 Å². The second-order valence-corrected chi connectivity index (χ2v) is 5.94. The van der Waals surface area contributed by atoms with Crippen LogP contribution in [0.5, 0.6) is 0 Å². The van der Waals surface area contributed by atoms with Crippen LogP contribution in [0.2, 0.25) is 0 Å². The zero-order valence-corrected chi connectivity index (χ0v) is 12.4. The molecule has 0 aliphatic carbocycles. The van der Waals surface area contributed by atoms with E-state index in [0.717, 1.165) is 18.2 Å². The number of halogens is 3. The van der Waals surface area contributed by atoms with Crippen molar-refractivity contribution in [2.45, 2.75) is 24.1 Å². The number of hydrogen-bond donors (Lipinski definition) is 1. The molecule has 0 aromatic heterocycles. The van der Waals surface area contributed by atoms with E-state index < -0.39 is 38.7 Å². The van der Waals surface area contributed by atoms with Crippen LogP contribution in [0.4, 0.5) is 13.2 Å². The summed E-state index contributed by atoms with van der Waals surface area (Å²) in [6.45, 7) is 4.70. The van der Waals surface area contributed by atoms with Gasteiger partial charge in [-0.15, -0.1) is 6.58 Å². The summed E-state index contributed by atoms with van der Waals surface area (Å²) in [7, 11) is -4.42. The summed E-state index contributed by atoms with van der Waals surface area (Å²) in [5.41, 5.74) is -1.13. The Hall–Kier alpha value is -1.87. The molecular formula is C13H14F3NO4S. The molecule has 0 aliphatic rings. The molecule has 1 atom stereocenters. The highest BCUT2D eigenvalue weighted by Gasteiger charge is 2.32. The van der Waals surface area contributed by atoms with E-state index in [9.17, 15) is 26.4 Å². The molecule has 0 saturated heterocycles. The fourth-order valence-electron chi connectivity index (χ4n) is 1.40. The van der Waals surface area contributed by atoms with Gasteiger partial charge in [0.2, 0.25) is 0 Å². The van der Waals surface area contributed by atoms with Crippen molar-refractivity contribution in [2.24, 2.45) is 0 Å². The Balaban J connectivity index is 2.96. The maximum atomic E-state index is 12.6. The molecule has 1 rings (SSSR count). The van der Waals surface area contributed by atoms with Gasteiger partial charge in [-0.1, -0.05) is 12.1 Å². The Morgan fingerprint density at radius 3 is 2.64 bits per heavy atom. The van der Waals surface area contributed by atoms with E-state index >= 15 is 0 Å². The highest BCUT2D eigenvalue weighted by Crippen LogP contribution is 2.30. The maximum Gasteiger partial charge on any atom is 0.416 e. The summed E-state index contributed by atoms with van der Waals surface area (Å²) in [5.74, 6) is -0.987. The number of carbonyl (C=O) groups is 1. The van der Waals surface area contributed by atoms with Crippen LogP contribution in [-0.2, 0) is 25.7 Å². The molecule has 0 spiro atoms. The molecule has 5 nitrogen and oxygen atoms in total. The highest BCUT2D eigenvalue weighted by atomic mass is 32.2. The van der Waals surface area contributed by atoms with Gasteiger partial charge in [-0.05, 0) is 25.1 Å². The Morgan fingerprint density at radius 2 is 2.09 bits per heavy atom. The molecule has 22 heavy (non-hydrogen) atoms. The third-order valence-corrected chi connectivity index (χ3v) is 3.88. The number of benzene rings is 1. The summed E-state index contributed by atoms with van der Waals surface area (Å²) in [4.78, 5) is 11.0. The molecule has 0 fully saturated rings. The van der Waals surface area contributed by atoms with Gasteiger partial charge in [-0.25, -0.2) is 13.1 Å². The van der Waals surface area contributed by atoms with Crippen LogP contribution in [0.1, 0.15) is 12.5 Å². The lowest BCUT2D eigenvalue weighted by Crippen LogP contribution is -2.38. The quantitative estimate of drug-likeness (QED) is 0.807. The number of ether oxygens (including phenoxy) is 1. The molecule has 0 radical (unpaired) electrons. The SMILES string of the molecule is C=CCO[C@@H](C)C(=O)NS(=O)(=O)c1cccc(C(F)(F)F)c1. The minimum atomic E-state index is -4.68. The Bertz CT molecular complexity index is 655. The predicted octanol–water partition coefficient (Wildman–Crippen LogP) is 2.10. The van der Waals surface area contributed by atoms with Crippen molar-refractivity contribution in [3.05, 3.63) is 42.5 Å². The smallest absolute Gasteiger partial charge is 0.365 e. The molecule has 9 heteroatoms. The van der Waals surface area contributed by atoms with Gasteiger partial charge in [-0.3, -0.25) is 4.79 Å². The van der Waals surface area contributed by atoms with Crippen molar-refractivity contribution in [3.8, 4) is 0 Å². The molecule has 122 valence electrons. The van der Waals surface area contributed by atoms with Crippen molar-refractivity contribution in [3.63, 3.8) is 0 Å². The van der Waals surface area contributed by atoms with Gasteiger partial charge >= 0.3 is 6.18 Å². The fourth-order valence-corrected chi connectivity index (χ4v) is 2.49. The van der Waals surface area contributed by atoms with Gasteiger partial charge in [0, 0.05) is 0 Å². The van der Waals surface area contributed by atoms with E-state index in [1.807, 2.05) is 0 Å². The Labute approximate surface area is 125 Å². The van der Waals surface area contributed by atoms with Gasteiger partial charge in [-0.2, -0.15) is 13.2 Å². The molecule has 1 N–H and O–H groups in total. The average Bonchev–Trinajstić information content (AvgIpc) is 2.43. The summed E-state index contributed by atoms with van der Waals surface area (Å²) in [6, 6.07) is 3.08. The van der Waals surface area contributed by atoms with Crippen LogP contribution in [0.25, 0.3) is 0 Å². The fraction of sp³-hybridized carbons (Fsp3) is 0.308. The monoisotopic (exact) mass is 337 g/mol. The van der Waals surface area contributed by atoms with Crippen molar-refractivity contribution in [1.82, 2.24) is 4.72 Å². The van der Waals surface area contributed by atoms with E-state index in [1.54, 1.807) is 4.72 Å². The number of nitrogens with one attached hydrogen (secondary N) is 1. The zero-order valence-electron chi connectivity index (χ0n) is 11.6. The minimum Gasteiger partial charge on any atom is -0.365 e. The van der Waals surface area contributed by atoms with Crippen LogP contribution in [0.15, 0.2) is 41.8 Å². The molecule has 1 aromatic carbocycles. The lowest BCUT2D eigenvalue weighted by Gasteiger charge is -2.13. The van der Waals surface area contributed by atoms with E-state index in [4.69, 9.17) is 4.74 Å². The molecule has 1 aromatic rings. The van der Waals surface area contributed by atoms with Gasteiger partial charge in [0.25, 0.3) is 15.9 Å². The van der Waals surface area contributed by atoms with Gasteiger partial charge < -0.3 is 4.74 Å².